The van der Waals surface area contributed by atoms with Crippen LogP contribution in [-0.2, 0) is 34.8 Å². The van der Waals surface area contributed by atoms with E-state index in [0.717, 1.165) is 15.9 Å². The maximum atomic E-state index is 13.6. The number of alkyl halides is 3. The van der Waals surface area contributed by atoms with Gasteiger partial charge in [0.15, 0.2) is 0 Å². The van der Waals surface area contributed by atoms with E-state index in [1.54, 1.807) is 36.4 Å². The number of hydrogen-bond donors (Lipinski definition) is 2. The molecule has 3 heterocycles. The van der Waals surface area contributed by atoms with Crippen molar-refractivity contribution < 1.29 is 60.9 Å². The molecule has 1 unspecified atom stereocenters. The monoisotopic (exact) mass is 823 g/mol. The summed E-state index contributed by atoms with van der Waals surface area (Å²) in [6.45, 7) is 7.11. The molecule has 0 spiro atoms. The average Bonchev–Trinajstić information content (AvgIpc) is 3.54. The number of carbonyl (C=O) groups is 6. The molecule has 59 heavy (non-hydrogen) atoms. The van der Waals surface area contributed by atoms with Gasteiger partial charge in [0.2, 0.25) is 11.8 Å². The Morgan fingerprint density at radius 1 is 0.814 bits per heavy atom. The fourth-order valence-corrected chi connectivity index (χ4v) is 7.02. The molecule has 0 radical (unpaired) electrons. The summed E-state index contributed by atoms with van der Waals surface area (Å²) in [6.07, 6.45) is -3.95. The highest BCUT2D eigenvalue weighted by Gasteiger charge is 2.53. The minimum atomic E-state index is -4.64. The van der Waals surface area contributed by atoms with Crippen molar-refractivity contribution in [3.05, 3.63) is 82.9 Å². The highest BCUT2D eigenvalue weighted by atomic mass is 19.4. The zero-order valence-corrected chi connectivity index (χ0v) is 32.7. The molecule has 3 aromatic rings. The van der Waals surface area contributed by atoms with Gasteiger partial charge in [-0.2, -0.15) is 13.2 Å². The normalized spacial score (nSPS) is 17.9. The number of piperidine rings is 1. The lowest BCUT2D eigenvalue weighted by atomic mass is 10.0. The number of amides is 7. The van der Waals surface area contributed by atoms with Crippen molar-refractivity contribution in [2.75, 3.05) is 67.9 Å². The van der Waals surface area contributed by atoms with Gasteiger partial charge >= 0.3 is 12.2 Å². The van der Waals surface area contributed by atoms with Crippen LogP contribution in [-0.4, -0.2) is 105 Å². The minimum Gasteiger partial charge on any atom is -0.494 e. The van der Waals surface area contributed by atoms with Gasteiger partial charge in [0.05, 0.1) is 62.0 Å². The molecule has 7 amide bonds. The van der Waals surface area contributed by atoms with Gasteiger partial charge < -0.3 is 24.3 Å². The summed E-state index contributed by atoms with van der Waals surface area (Å²) in [5, 5.41) is 5.30. The molecule has 6 rings (SSSR count). The first-order valence-corrected chi connectivity index (χ1v) is 19.0. The quantitative estimate of drug-likeness (QED) is 0.0994. The molecule has 314 valence electrons. The van der Waals surface area contributed by atoms with Gasteiger partial charge in [-0.15, -0.1) is 0 Å². The maximum absolute atomic E-state index is 13.6. The van der Waals surface area contributed by atoms with E-state index in [4.69, 9.17) is 18.9 Å². The largest absolute Gasteiger partial charge is 0.494 e. The molecule has 0 bridgehead atoms. The number of ether oxygens (including phenoxy) is 4. The van der Waals surface area contributed by atoms with Gasteiger partial charge in [0.25, 0.3) is 17.7 Å². The number of nitrogens with one attached hydrogen (secondary N) is 2. The first kappa shape index (κ1) is 42.7. The van der Waals surface area contributed by atoms with E-state index in [2.05, 4.69) is 10.6 Å². The van der Waals surface area contributed by atoms with Crippen LogP contribution in [0.3, 0.4) is 0 Å². The molecule has 3 aliphatic rings. The fourth-order valence-electron chi connectivity index (χ4n) is 7.02. The molecule has 1 atom stereocenters. The van der Waals surface area contributed by atoms with Gasteiger partial charge in [-0.05, 0) is 81.3 Å². The first-order valence-electron chi connectivity index (χ1n) is 19.0. The van der Waals surface area contributed by atoms with E-state index in [-0.39, 0.29) is 35.2 Å². The van der Waals surface area contributed by atoms with E-state index in [1.165, 1.54) is 43.9 Å². The highest BCUT2D eigenvalue weighted by molar-refractivity contribution is 6.30. The Bertz CT molecular complexity index is 2110. The first-order chi connectivity index (χ1) is 28.1. The Morgan fingerprint density at radius 3 is 2.15 bits per heavy atom. The lowest BCUT2D eigenvalue weighted by Gasteiger charge is -2.27. The van der Waals surface area contributed by atoms with E-state index in [0.29, 0.717) is 76.3 Å². The molecular formula is C41H44F3N5O10. The molecule has 15 nitrogen and oxygen atoms in total. The number of nitrogens with zero attached hydrogens (tertiary/aromatic N) is 3. The third kappa shape index (κ3) is 9.24. The molecule has 0 saturated carbocycles. The zero-order chi connectivity index (χ0) is 42.5. The van der Waals surface area contributed by atoms with Crippen molar-refractivity contribution in [3.8, 4) is 5.75 Å². The second-order valence-corrected chi connectivity index (χ2v) is 14.4. The molecule has 2 saturated heterocycles. The van der Waals surface area contributed by atoms with Crippen molar-refractivity contribution in [2.24, 2.45) is 0 Å². The zero-order valence-electron chi connectivity index (χ0n) is 32.7. The predicted octanol–water partition coefficient (Wildman–Crippen LogP) is 5.10. The second kappa shape index (κ2) is 18.0. The van der Waals surface area contributed by atoms with E-state index >= 15 is 0 Å². The lowest BCUT2D eigenvalue weighted by molar-refractivity contribution is -0.138. The molecule has 2 N–H and O–H groups in total. The summed E-state index contributed by atoms with van der Waals surface area (Å²) in [5.74, 6) is -2.41. The molecule has 3 aromatic carbocycles. The second-order valence-electron chi connectivity index (χ2n) is 14.4. The average molecular weight is 824 g/mol. The van der Waals surface area contributed by atoms with Crippen LogP contribution in [0.25, 0.3) is 0 Å². The Balaban J connectivity index is 0.835. The van der Waals surface area contributed by atoms with Crippen molar-refractivity contribution >= 4 is 52.6 Å². The number of imide groups is 3. The van der Waals surface area contributed by atoms with Crippen molar-refractivity contribution in [1.29, 1.82) is 0 Å². The van der Waals surface area contributed by atoms with Crippen molar-refractivity contribution in [1.82, 2.24) is 10.2 Å². The Kier molecular flexibility index (Phi) is 13.0. The molecule has 2 fully saturated rings. The fraction of sp³-hybridized carbons (Fsp3) is 0.415. The number of urea groups is 1. The van der Waals surface area contributed by atoms with Crippen LogP contribution in [0.1, 0.15) is 65.0 Å². The summed E-state index contributed by atoms with van der Waals surface area (Å²) in [6, 6.07) is 12.9. The van der Waals surface area contributed by atoms with E-state index in [1.807, 2.05) is 0 Å². The summed E-state index contributed by atoms with van der Waals surface area (Å²) in [7, 11) is 0. The Morgan fingerprint density at radius 2 is 1.47 bits per heavy atom. The van der Waals surface area contributed by atoms with Crippen LogP contribution in [0, 0.1) is 6.92 Å². The standard InChI is InChI=1S/C41H44F3N5O10/c1-25-8-9-27(24-30(25)41(42,43)44)47-38(54)40(2,3)49(39(47)55)26-10-12-28(13-11-26)59-18-5-17-56-20-22-58-23-21-57-19-16-45-31-7-4-6-29-34(31)37(53)48(36(29)52)32-14-15-33(50)46-35(32)51/h4,6-13,24,32,45H,5,14-23H2,1-3H3,(H,46,50,51). The smallest absolute Gasteiger partial charge is 0.416 e. The minimum absolute atomic E-state index is 0.0188. The van der Waals surface area contributed by atoms with E-state index in [9.17, 15) is 41.9 Å². The SMILES string of the molecule is Cc1ccc(N2C(=O)N(c3ccc(OCCCOCCOCCOCCNc4cccc5c4C(=O)N(C4CCC(=O)NC4=O)C5=O)cc3)C(C)(C)C2=O)cc1C(F)(F)F. The number of anilines is 3. The number of carbonyl (C=O) groups excluding carboxylic acids is 6. The predicted molar refractivity (Wildman–Crippen MR) is 206 cm³/mol. The van der Waals surface area contributed by atoms with E-state index < -0.39 is 58.9 Å². The Hall–Kier alpha value is -5.85. The third-order valence-corrected chi connectivity index (χ3v) is 10.0. The number of fused-ring (bicyclic) bond motifs is 1. The van der Waals surface area contributed by atoms with Gasteiger partial charge in [0.1, 0.15) is 17.3 Å². The summed E-state index contributed by atoms with van der Waals surface area (Å²) in [4.78, 5) is 79.8. The molecule has 3 aliphatic heterocycles. The number of rotatable bonds is 18. The molecule has 0 aromatic heterocycles. The number of benzene rings is 3. The van der Waals surface area contributed by atoms with Gasteiger partial charge in [0, 0.05) is 37.4 Å². The topological polar surface area (TPSA) is 173 Å². The van der Waals surface area contributed by atoms with Crippen LogP contribution < -0.4 is 25.2 Å². The summed E-state index contributed by atoms with van der Waals surface area (Å²) >= 11 is 0. The number of aryl methyl sites for hydroxylation is 1. The highest BCUT2D eigenvalue weighted by Crippen LogP contribution is 2.40. The molecular weight excluding hydrogens is 779 g/mol. The van der Waals surface area contributed by atoms with Crippen LogP contribution in [0.4, 0.5) is 35.0 Å². The maximum Gasteiger partial charge on any atom is 0.416 e. The summed E-state index contributed by atoms with van der Waals surface area (Å²) < 4.78 is 63.2. The van der Waals surface area contributed by atoms with Crippen LogP contribution in [0.2, 0.25) is 0 Å². The van der Waals surface area contributed by atoms with Crippen LogP contribution in [0.15, 0.2) is 60.7 Å². The third-order valence-electron chi connectivity index (χ3n) is 10.0. The number of halogens is 3. The van der Waals surface area contributed by atoms with Gasteiger partial charge in [-0.1, -0.05) is 12.1 Å². The lowest BCUT2D eigenvalue weighted by Crippen LogP contribution is -2.54. The van der Waals surface area contributed by atoms with Crippen LogP contribution in [0.5, 0.6) is 5.75 Å². The summed E-state index contributed by atoms with van der Waals surface area (Å²) in [5.41, 5.74) is -1.27. The Labute approximate surface area is 337 Å². The van der Waals surface area contributed by atoms with Crippen LogP contribution >= 0.6 is 0 Å². The van der Waals surface area contributed by atoms with Gasteiger partial charge in [-0.3, -0.25) is 39.1 Å². The van der Waals surface area contributed by atoms with Crippen molar-refractivity contribution in [3.63, 3.8) is 0 Å². The molecule has 0 aliphatic carbocycles. The van der Waals surface area contributed by atoms with Crippen molar-refractivity contribution in [2.45, 2.75) is 57.8 Å². The number of hydrogen-bond acceptors (Lipinski definition) is 11. The molecule has 18 heteroatoms. The van der Waals surface area contributed by atoms with Gasteiger partial charge in [-0.25, -0.2) is 9.69 Å².